The number of nitrogens with zero attached hydrogens (tertiary/aromatic N) is 2. The Morgan fingerprint density at radius 2 is 2.00 bits per heavy atom. The van der Waals surface area contributed by atoms with E-state index in [1.54, 1.807) is 22.7 Å². The van der Waals surface area contributed by atoms with Gasteiger partial charge in [0.2, 0.25) is 0 Å². The van der Waals surface area contributed by atoms with Gasteiger partial charge >= 0.3 is 0 Å². The molecule has 0 amide bonds. The Kier molecular flexibility index (Phi) is 3.35. The fourth-order valence-electron chi connectivity index (χ4n) is 2.46. The molecule has 1 aliphatic rings. The zero-order valence-corrected chi connectivity index (χ0v) is 12.3. The Balaban J connectivity index is 1.78. The van der Waals surface area contributed by atoms with Gasteiger partial charge in [0.15, 0.2) is 5.13 Å². The number of thiazole rings is 2. The molecule has 0 aliphatic heterocycles. The normalized spacial score (nSPS) is 16.3. The molecule has 3 rings (SSSR count). The van der Waals surface area contributed by atoms with E-state index in [1.165, 1.54) is 30.6 Å². The van der Waals surface area contributed by atoms with Gasteiger partial charge in [0.1, 0.15) is 0 Å². The molecule has 0 aromatic carbocycles. The molecule has 0 radical (unpaired) electrons. The van der Waals surface area contributed by atoms with Crippen molar-refractivity contribution in [2.75, 3.05) is 5.32 Å². The molecule has 1 fully saturated rings. The third kappa shape index (κ3) is 2.42. The zero-order valence-electron chi connectivity index (χ0n) is 10.7. The smallest absolute Gasteiger partial charge is 0.183 e. The summed E-state index contributed by atoms with van der Waals surface area (Å²) in [6.45, 7) is 4.10. The number of hydrogen-bond donors (Lipinski definition) is 1. The van der Waals surface area contributed by atoms with E-state index < -0.39 is 0 Å². The summed E-state index contributed by atoms with van der Waals surface area (Å²) in [5, 5.41) is 7.85. The van der Waals surface area contributed by atoms with E-state index in [-0.39, 0.29) is 0 Å². The molecule has 2 aromatic heterocycles. The molecule has 1 saturated carbocycles. The standard InChI is InChI=1S/C13H17N3S2/c1-8-12(18-9(2)14-8)11-7-17-13(16-11)15-10-5-3-4-6-10/h7,10H,3-6H2,1-2H3,(H,15,16). The van der Waals surface area contributed by atoms with Gasteiger partial charge in [-0.15, -0.1) is 22.7 Å². The van der Waals surface area contributed by atoms with Crippen LogP contribution < -0.4 is 5.32 Å². The van der Waals surface area contributed by atoms with Gasteiger partial charge in [0.25, 0.3) is 0 Å². The monoisotopic (exact) mass is 279 g/mol. The Labute approximate surface area is 115 Å². The van der Waals surface area contributed by atoms with Crippen molar-refractivity contribution in [3.05, 3.63) is 16.1 Å². The van der Waals surface area contributed by atoms with Gasteiger partial charge in [-0.3, -0.25) is 0 Å². The van der Waals surface area contributed by atoms with Gasteiger partial charge in [0, 0.05) is 11.4 Å². The highest BCUT2D eigenvalue weighted by molar-refractivity contribution is 7.16. The summed E-state index contributed by atoms with van der Waals surface area (Å²) in [4.78, 5) is 10.4. The lowest BCUT2D eigenvalue weighted by molar-refractivity contribution is 0.754. The molecule has 0 spiro atoms. The minimum atomic E-state index is 0.633. The fraction of sp³-hybridized carbons (Fsp3) is 0.538. The van der Waals surface area contributed by atoms with E-state index >= 15 is 0 Å². The maximum atomic E-state index is 4.70. The molecule has 2 aromatic rings. The second-order valence-electron chi connectivity index (χ2n) is 4.81. The van der Waals surface area contributed by atoms with Crippen molar-refractivity contribution >= 4 is 27.8 Å². The molecule has 96 valence electrons. The van der Waals surface area contributed by atoms with Gasteiger partial charge < -0.3 is 5.32 Å². The van der Waals surface area contributed by atoms with Crippen LogP contribution in [0.25, 0.3) is 10.6 Å². The lowest BCUT2D eigenvalue weighted by Crippen LogP contribution is -2.13. The summed E-state index contributed by atoms with van der Waals surface area (Å²) in [5.41, 5.74) is 2.17. The minimum absolute atomic E-state index is 0.633. The van der Waals surface area contributed by atoms with Crippen molar-refractivity contribution in [2.24, 2.45) is 0 Å². The van der Waals surface area contributed by atoms with Gasteiger partial charge in [-0.1, -0.05) is 12.8 Å². The summed E-state index contributed by atoms with van der Waals surface area (Å²) in [5.74, 6) is 0. The number of rotatable bonds is 3. The maximum Gasteiger partial charge on any atom is 0.183 e. The SMILES string of the molecule is Cc1nc(C)c(-c2csc(NC3CCCC3)n2)s1. The molecule has 2 heterocycles. The quantitative estimate of drug-likeness (QED) is 0.913. The average Bonchev–Trinajstić information content (AvgIpc) is 3.01. The van der Waals surface area contributed by atoms with Crippen molar-refractivity contribution in [3.8, 4) is 10.6 Å². The molecular weight excluding hydrogens is 262 g/mol. The van der Waals surface area contributed by atoms with E-state index in [4.69, 9.17) is 4.98 Å². The summed E-state index contributed by atoms with van der Waals surface area (Å²) < 4.78 is 0. The first-order valence-electron chi connectivity index (χ1n) is 6.39. The van der Waals surface area contributed by atoms with Crippen molar-refractivity contribution in [3.63, 3.8) is 0 Å². The highest BCUT2D eigenvalue weighted by atomic mass is 32.1. The van der Waals surface area contributed by atoms with E-state index in [0.29, 0.717) is 6.04 Å². The van der Waals surface area contributed by atoms with E-state index in [0.717, 1.165) is 21.5 Å². The van der Waals surface area contributed by atoms with E-state index in [1.807, 2.05) is 6.92 Å². The number of aromatic nitrogens is 2. The third-order valence-electron chi connectivity index (χ3n) is 3.32. The predicted molar refractivity (Wildman–Crippen MR) is 78.6 cm³/mol. The Bertz CT molecular complexity index is 538. The van der Waals surface area contributed by atoms with Crippen LogP contribution in [0.15, 0.2) is 5.38 Å². The fourth-order valence-corrected chi connectivity index (χ4v) is 4.19. The second kappa shape index (κ2) is 4.97. The van der Waals surface area contributed by atoms with Crippen LogP contribution >= 0.6 is 22.7 Å². The molecule has 1 aliphatic carbocycles. The summed E-state index contributed by atoms with van der Waals surface area (Å²) in [6, 6.07) is 0.633. The molecule has 18 heavy (non-hydrogen) atoms. The predicted octanol–water partition coefficient (Wildman–Crippen LogP) is 4.24. The van der Waals surface area contributed by atoms with Crippen molar-refractivity contribution in [1.82, 2.24) is 9.97 Å². The van der Waals surface area contributed by atoms with Gasteiger partial charge in [-0.25, -0.2) is 9.97 Å². The van der Waals surface area contributed by atoms with Crippen LogP contribution in [0.5, 0.6) is 0 Å². The van der Waals surface area contributed by atoms with Crippen molar-refractivity contribution in [2.45, 2.75) is 45.6 Å². The van der Waals surface area contributed by atoms with Crippen LogP contribution in [-0.2, 0) is 0 Å². The number of hydrogen-bond acceptors (Lipinski definition) is 5. The molecule has 5 heteroatoms. The highest BCUT2D eigenvalue weighted by Crippen LogP contribution is 2.33. The lowest BCUT2D eigenvalue weighted by Gasteiger charge is -2.09. The molecule has 1 N–H and O–H groups in total. The van der Waals surface area contributed by atoms with Crippen LogP contribution in [0.1, 0.15) is 36.4 Å². The van der Waals surface area contributed by atoms with E-state index in [2.05, 4.69) is 22.6 Å². The largest absolute Gasteiger partial charge is 0.359 e. The number of nitrogens with one attached hydrogen (secondary N) is 1. The van der Waals surface area contributed by atoms with Crippen LogP contribution in [0.3, 0.4) is 0 Å². The van der Waals surface area contributed by atoms with Crippen molar-refractivity contribution in [1.29, 1.82) is 0 Å². The summed E-state index contributed by atoms with van der Waals surface area (Å²) in [6.07, 6.45) is 5.27. The Morgan fingerprint density at radius 3 is 2.67 bits per heavy atom. The number of anilines is 1. The molecular formula is C13H17N3S2. The minimum Gasteiger partial charge on any atom is -0.359 e. The first-order valence-corrected chi connectivity index (χ1v) is 8.08. The summed E-state index contributed by atoms with van der Waals surface area (Å²) >= 11 is 3.43. The highest BCUT2D eigenvalue weighted by Gasteiger charge is 2.17. The van der Waals surface area contributed by atoms with Gasteiger partial charge in [0.05, 0.1) is 21.3 Å². The molecule has 0 bridgehead atoms. The topological polar surface area (TPSA) is 37.8 Å². The third-order valence-corrected chi connectivity index (χ3v) is 5.19. The lowest BCUT2D eigenvalue weighted by atomic mass is 10.3. The first-order chi connectivity index (χ1) is 8.72. The average molecular weight is 279 g/mol. The van der Waals surface area contributed by atoms with Crippen LogP contribution in [0.2, 0.25) is 0 Å². The Morgan fingerprint density at radius 1 is 1.22 bits per heavy atom. The van der Waals surface area contributed by atoms with Gasteiger partial charge in [-0.2, -0.15) is 0 Å². The zero-order chi connectivity index (χ0) is 12.5. The van der Waals surface area contributed by atoms with Gasteiger partial charge in [-0.05, 0) is 26.7 Å². The maximum absolute atomic E-state index is 4.70. The molecule has 3 nitrogen and oxygen atoms in total. The Hall–Kier alpha value is -0.940. The number of aryl methyl sites for hydroxylation is 2. The van der Waals surface area contributed by atoms with Crippen LogP contribution in [-0.4, -0.2) is 16.0 Å². The van der Waals surface area contributed by atoms with E-state index in [9.17, 15) is 0 Å². The summed E-state index contributed by atoms with van der Waals surface area (Å²) in [7, 11) is 0. The molecule has 0 atom stereocenters. The van der Waals surface area contributed by atoms with Crippen LogP contribution in [0.4, 0.5) is 5.13 Å². The first kappa shape index (κ1) is 12.1. The second-order valence-corrected chi connectivity index (χ2v) is 6.87. The molecule has 0 saturated heterocycles. The molecule has 0 unspecified atom stereocenters. The van der Waals surface area contributed by atoms with Crippen LogP contribution in [0, 0.1) is 13.8 Å². The van der Waals surface area contributed by atoms with Crippen molar-refractivity contribution < 1.29 is 0 Å².